The molecule has 0 fully saturated rings. The van der Waals surface area contributed by atoms with Gasteiger partial charge in [-0.05, 0) is 31.2 Å². The summed E-state index contributed by atoms with van der Waals surface area (Å²) >= 11 is 0. The van der Waals surface area contributed by atoms with Crippen LogP contribution in [0.4, 0.5) is 11.4 Å². The SMILES string of the molecule is C/C(CC(=O)Nc1ccc([N+](=O)[O-])cc1)=N/NC(=O)c1ccccc1. The molecule has 0 radical (unpaired) electrons. The maximum absolute atomic E-state index is 11.9. The van der Waals surface area contributed by atoms with Crippen molar-refractivity contribution in [3.63, 3.8) is 0 Å². The molecule has 0 aliphatic heterocycles. The van der Waals surface area contributed by atoms with Gasteiger partial charge in [-0.3, -0.25) is 19.7 Å². The highest BCUT2D eigenvalue weighted by atomic mass is 16.6. The van der Waals surface area contributed by atoms with Gasteiger partial charge in [0.1, 0.15) is 0 Å². The lowest BCUT2D eigenvalue weighted by molar-refractivity contribution is -0.384. The number of nitrogens with one attached hydrogen (secondary N) is 2. The summed E-state index contributed by atoms with van der Waals surface area (Å²) in [5.74, 6) is -0.709. The molecule has 0 heterocycles. The molecule has 0 saturated carbocycles. The first-order valence-electron chi connectivity index (χ1n) is 7.38. The first kappa shape index (κ1) is 17.8. The third kappa shape index (κ3) is 5.54. The summed E-state index contributed by atoms with van der Waals surface area (Å²) in [4.78, 5) is 33.8. The number of amides is 2. The van der Waals surface area contributed by atoms with Crippen LogP contribution in [0.25, 0.3) is 0 Å². The van der Waals surface area contributed by atoms with Gasteiger partial charge in [0.2, 0.25) is 5.91 Å². The highest BCUT2D eigenvalue weighted by molar-refractivity contribution is 6.06. The van der Waals surface area contributed by atoms with Crippen LogP contribution in [0.1, 0.15) is 23.7 Å². The fourth-order valence-electron chi connectivity index (χ4n) is 1.94. The molecule has 0 spiro atoms. The van der Waals surface area contributed by atoms with Gasteiger partial charge in [-0.2, -0.15) is 5.10 Å². The maximum Gasteiger partial charge on any atom is 0.271 e. The Hall–Kier alpha value is -3.55. The number of nitro groups is 1. The molecule has 2 N–H and O–H groups in total. The topological polar surface area (TPSA) is 114 Å². The summed E-state index contributed by atoms with van der Waals surface area (Å²) in [6.45, 7) is 1.61. The molecule has 128 valence electrons. The summed E-state index contributed by atoms with van der Waals surface area (Å²) in [6.07, 6.45) is -0.0218. The van der Waals surface area contributed by atoms with Gasteiger partial charge in [-0.1, -0.05) is 18.2 Å². The fraction of sp³-hybridized carbons (Fsp3) is 0.118. The second-order valence-corrected chi connectivity index (χ2v) is 5.18. The van der Waals surface area contributed by atoms with Crippen LogP contribution in [0, 0.1) is 10.1 Å². The zero-order chi connectivity index (χ0) is 18.2. The van der Waals surface area contributed by atoms with Gasteiger partial charge in [0, 0.05) is 29.1 Å². The summed E-state index contributed by atoms with van der Waals surface area (Å²) in [5, 5.41) is 17.1. The molecule has 8 heteroatoms. The molecule has 25 heavy (non-hydrogen) atoms. The normalized spacial score (nSPS) is 10.8. The average Bonchev–Trinajstić information content (AvgIpc) is 2.60. The first-order valence-corrected chi connectivity index (χ1v) is 7.38. The van der Waals surface area contributed by atoms with E-state index in [2.05, 4.69) is 15.8 Å². The molecule has 2 aromatic carbocycles. The fourth-order valence-corrected chi connectivity index (χ4v) is 1.94. The number of benzene rings is 2. The van der Waals surface area contributed by atoms with Crippen molar-refractivity contribution in [1.29, 1.82) is 0 Å². The van der Waals surface area contributed by atoms with Crippen molar-refractivity contribution >= 4 is 28.9 Å². The van der Waals surface area contributed by atoms with Crippen molar-refractivity contribution in [2.24, 2.45) is 5.10 Å². The quantitative estimate of drug-likeness (QED) is 0.478. The number of carbonyl (C=O) groups is 2. The van der Waals surface area contributed by atoms with Gasteiger partial charge in [0.05, 0.1) is 11.3 Å². The highest BCUT2D eigenvalue weighted by Crippen LogP contribution is 2.15. The van der Waals surface area contributed by atoms with Crippen LogP contribution in [0.5, 0.6) is 0 Å². The second kappa shape index (κ2) is 8.34. The molecule has 0 aliphatic carbocycles. The molecular formula is C17H16N4O4. The molecule has 2 aromatic rings. The molecule has 2 rings (SSSR count). The summed E-state index contributed by atoms with van der Waals surface area (Å²) in [5.41, 5.74) is 3.65. The lowest BCUT2D eigenvalue weighted by atomic mass is 10.2. The van der Waals surface area contributed by atoms with Crippen LogP contribution in [-0.4, -0.2) is 22.4 Å². The van der Waals surface area contributed by atoms with Crippen molar-refractivity contribution in [1.82, 2.24) is 5.43 Å². The summed E-state index contributed by atoms with van der Waals surface area (Å²) < 4.78 is 0. The van der Waals surface area contributed by atoms with E-state index in [1.165, 1.54) is 24.3 Å². The van der Waals surface area contributed by atoms with E-state index < -0.39 is 4.92 Å². The predicted molar refractivity (Wildman–Crippen MR) is 93.4 cm³/mol. The van der Waals surface area contributed by atoms with E-state index in [0.29, 0.717) is 17.0 Å². The lowest BCUT2D eigenvalue weighted by Crippen LogP contribution is -2.21. The van der Waals surface area contributed by atoms with Gasteiger partial charge >= 0.3 is 0 Å². The molecule has 2 amide bonds. The van der Waals surface area contributed by atoms with Crippen LogP contribution >= 0.6 is 0 Å². The third-order valence-electron chi connectivity index (χ3n) is 3.16. The Balaban J connectivity index is 1.86. The Morgan fingerprint density at radius 1 is 1.08 bits per heavy atom. The molecule has 8 nitrogen and oxygen atoms in total. The van der Waals surface area contributed by atoms with Crippen molar-refractivity contribution in [2.45, 2.75) is 13.3 Å². The Kier molecular flexibility index (Phi) is 5.94. The Labute approximate surface area is 143 Å². The molecule has 0 atom stereocenters. The number of nitro benzene ring substituents is 1. The average molecular weight is 340 g/mol. The van der Waals surface area contributed by atoms with E-state index in [4.69, 9.17) is 0 Å². The number of hydrazone groups is 1. The van der Waals surface area contributed by atoms with Crippen molar-refractivity contribution in [3.05, 3.63) is 70.3 Å². The third-order valence-corrected chi connectivity index (χ3v) is 3.16. The molecule has 0 aliphatic rings. The number of non-ortho nitro benzene ring substituents is 1. The lowest BCUT2D eigenvalue weighted by Gasteiger charge is -2.05. The molecule has 0 saturated heterocycles. The standard InChI is InChI=1S/C17H16N4O4/c1-12(19-20-17(23)13-5-3-2-4-6-13)11-16(22)18-14-7-9-15(10-8-14)21(24)25/h2-10H,11H2,1H3,(H,18,22)(H,20,23)/b19-12-. The minimum absolute atomic E-state index is 0.0218. The summed E-state index contributed by atoms with van der Waals surface area (Å²) in [6, 6.07) is 14.1. The second-order valence-electron chi connectivity index (χ2n) is 5.18. The van der Waals surface area contributed by atoms with E-state index in [1.54, 1.807) is 37.3 Å². The molecule has 0 unspecified atom stereocenters. The van der Waals surface area contributed by atoms with Crippen LogP contribution in [0.15, 0.2) is 59.7 Å². The number of hydrogen-bond donors (Lipinski definition) is 2. The van der Waals surface area contributed by atoms with Crippen LogP contribution in [-0.2, 0) is 4.79 Å². The van der Waals surface area contributed by atoms with Crippen molar-refractivity contribution < 1.29 is 14.5 Å². The molecule has 0 bridgehead atoms. The Bertz CT molecular complexity index is 801. The zero-order valence-electron chi connectivity index (χ0n) is 13.4. The van der Waals surface area contributed by atoms with E-state index in [9.17, 15) is 19.7 Å². The Morgan fingerprint density at radius 2 is 1.72 bits per heavy atom. The van der Waals surface area contributed by atoms with Crippen LogP contribution in [0.3, 0.4) is 0 Å². The molecular weight excluding hydrogens is 324 g/mol. The summed E-state index contributed by atoms with van der Waals surface area (Å²) in [7, 11) is 0. The minimum Gasteiger partial charge on any atom is -0.326 e. The van der Waals surface area contributed by atoms with E-state index >= 15 is 0 Å². The molecule has 0 aromatic heterocycles. The zero-order valence-corrected chi connectivity index (χ0v) is 13.4. The maximum atomic E-state index is 11.9. The number of nitrogens with zero attached hydrogens (tertiary/aromatic N) is 2. The number of hydrogen-bond acceptors (Lipinski definition) is 5. The largest absolute Gasteiger partial charge is 0.326 e. The predicted octanol–water partition coefficient (Wildman–Crippen LogP) is 2.73. The minimum atomic E-state index is -0.516. The monoisotopic (exact) mass is 340 g/mol. The van der Waals surface area contributed by atoms with Crippen LogP contribution < -0.4 is 10.7 Å². The van der Waals surface area contributed by atoms with Crippen molar-refractivity contribution in [2.75, 3.05) is 5.32 Å². The van der Waals surface area contributed by atoms with Gasteiger partial charge in [-0.25, -0.2) is 5.43 Å². The van der Waals surface area contributed by atoms with Crippen LogP contribution in [0.2, 0.25) is 0 Å². The highest BCUT2D eigenvalue weighted by Gasteiger charge is 2.08. The van der Waals surface area contributed by atoms with Gasteiger partial charge in [0.25, 0.3) is 11.6 Å². The van der Waals surface area contributed by atoms with Gasteiger partial charge in [-0.15, -0.1) is 0 Å². The van der Waals surface area contributed by atoms with E-state index in [0.717, 1.165) is 0 Å². The van der Waals surface area contributed by atoms with Gasteiger partial charge < -0.3 is 5.32 Å². The first-order chi connectivity index (χ1) is 12.0. The Morgan fingerprint density at radius 3 is 2.32 bits per heavy atom. The number of carbonyl (C=O) groups excluding carboxylic acids is 2. The van der Waals surface area contributed by atoms with E-state index in [-0.39, 0.29) is 23.9 Å². The smallest absolute Gasteiger partial charge is 0.271 e. The van der Waals surface area contributed by atoms with Gasteiger partial charge in [0.15, 0.2) is 0 Å². The van der Waals surface area contributed by atoms with E-state index in [1.807, 2.05) is 0 Å². The number of anilines is 1. The number of rotatable bonds is 6. The van der Waals surface area contributed by atoms with Crippen molar-refractivity contribution in [3.8, 4) is 0 Å².